The summed E-state index contributed by atoms with van der Waals surface area (Å²) in [6.07, 6.45) is 1.12. The van der Waals surface area contributed by atoms with Crippen LogP contribution in [-0.2, 0) is 32.6 Å². The van der Waals surface area contributed by atoms with Gasteiger partial charge in [-0.15, -0.1) is 0 Å². The first-order valence-corrected chi connectivity index (χ1v) is 13.7. The second kappa shape index (κ2) is 12.3. The second-order valence-electron chi connectivity index (χ2n) is 8.81. The first kappa shape index (κ1) is 28.3. The van der Waals surface area contributed by atoms with Gasteiger partial charge in [0, 0.05) is 32.1 Å². The van der Waals surface area contributed by atoms with Crippen molar-refractivity contribution in [1.29, 1.82) is 0 Å². The zero-order chi connectivity index (χ0) is 27.9. The van der Waals surface area contributed by atoms with E-state index in [1.807, 2.05) is 61.5 Å². The van der Waals surface area contributed by atoms with Gasteiger partial charge in [0.1, 0.15) is 12.6 Å². The molecule has 0 bridgehead atoms. The highest BCUT2D eigenvalue weighted by Crippen LogP contribution is 2.24. The van der Waals surface area contributed by atoms with Gasteiger partial charge in [-0.3, -0.25) is 24.0 Å². The molecule has 0 aliphatic rings. The first-order chi connectivity index (χ1) is 18.0. The first-order valence-electron chi connectivity index (χ1n) is 11.8. The Kier molecular flexibility index (Phi) is 9.19. The van der Waals surface area contributed by atoms with Crippen LogP contribution >= 0.6 is 0 Å². The Bertz CT molecular complexity index is 1410. The minimum atomic E-state index is -4.02. The van der Waals surface area contributed by atoms with Crippen LogP contribution in [0, 0.1) is 17.0 Å². The van der Waals surface area contributed by atoms with Gasteiger partial charge < -0.3 is 10.2 Å². The van der Waals surface area contributed by atoms with E-state index in [0.717, 1.165) is 33.3 Å². The largest absolute Gasteiger partial charge is 0.357 e. The predicted octanol–water partition coefficient (Wildman–Crippen LogP) is 3.06. The van der Waals surface area contributed by atoms with Gasteiger partial charge >= 0.3 is 0 Å². The van der Waals surface area contributed by atoms with Crippen molar-refractivity contribution in [3.63, 3.8) is 0 Å². The van der Waals surface area contributed by atoms with Gasteiger partial charge in [-0.25, -0.2) is 8.42 Å². The number of nitro groups is 1. The number of hydrogen-bond acceptors (Lipinski definition) is 6. The van der Waals surface area contributed by atoms with E-state index in [-0.39, 0.29) is 24.3 Å². The Morgan fingerprint density at radius 1 is 1.00 bits per heavy atom. The lowest BCUT2D eigenvalue weighted by molar-refractivity contribution is -0.384. The molecule has 0 fully saturated rings. The zero-order valence-corrected chi connectivity index (χ0v) is 22.2. The van der Waals surface area contributed by atoms with Gasteiger partial charge in [-0.2, -0.15) is 0 Å². The monoisotopic (exact) mass is 538 g/mol. The highest BCUT2D eigenvalue weighted by molar-refractivity contribution is 7.92. The molecule has 10 nitrogen and oxygen atoms in total. The Morgan fingerprint density at radius 3 is 2.26 bits per heavy atom. The Hall–Kier alpha value is -4.25. The third kappa shape index (κ3) is 7.16. The van der Waals surface area contributed by atoms with Gasteiger partial charge in [0.15, 0.2) is 0 Å². The summed E-state index contributed by atoms with van der Waals surface area (Å²) in [4.78, 5) is 39.0. The van der Waals surface area contributed by atoms with Crippen LogP contribution in [-0.4, -0.2) is 55.9 Å². The second-order valence-corrected chi connectivity index (χ2v) is 10.7. The molecule has 0 heterocycles. The van der Waals surface area contributed by atoms with E-state index in [1.54, 1.807) is 0 Å². The quantitative estimate of drug-likeness (QED) is 0.295. The summed E-state index contributed by atoms with van der Waals surface area (Å²) in [5, 5.41) is 13.9. The number of rotatable bonds is 11. The normalized spacial score (nSPS) is 11.9. The molecule has 0 saturated heterocycles. The number of anilines is 1. The van der Waals surface area contributed by atoms with Crippen LogP contribution in [0.1, 0.15) is 16.7 Å². The van der Waals surface area contributed by atoms with Crippen molar-refractivity contribution < 1.29 is 22.9 Å². The molecule has 0 saturated carbocycles. The minimum absolute atomic E-state index is 0.0227. The number of amides is 2. The molecule has 3 aromatic carbocycles. The number of carbonyl (C=O) groups is 2. The highest BCUT2D eigenvalue weighted by Gasteiger charge is 2.33. The smallest absolute Gasteiger partial charge is 0.271 e. The number of sulfonamides is 1. The van der Waals surface area contributed by atoms with Crippen LogP contribution in [0.4, 0.5) is 11.4 Å². The Morgan fingerprint density at radius 2 is 1.66 bits per heavy atom. The van der Waals surface area contributed by atoms with E-state index in [4.69, 9.17) is 0 Å². The number of carbonyl (C=O) groups excluding carboxylic acids is 2. The van der Waals surface area contributed by atoms with Gasteiger partial charge in [0.25, 0.3) is 5.69 Å². The summed E-state index contributed by atoms with van der Waals surface area (Å²) in [6, 6.07) is 20.7. The molecule has 0 aliphatic heterocycles. The van der Waals surface area contributed by atoms with Crippen molar-refractivity contribution in [3.8, 4) is 0 Å². The van der Waals surface area contributed by atoms with Crippen molar-refractivity contribution in [1.82, 2.24) is 10.2 Å². The van der Waals surface area contributed by atoms with Crippen molar-refractivity contribution in [2.45, 2.75) is 25.9 Å². The molecule has 200 valence electrons. The van der Waals surface area contributed by atoms with Crippen molar-refractivity contribution >= 4 is 33.2 Å². The molecule has 1 atom stereocenters. The van der Waals surface area contributed by atoms with E-state index in [9.17, 15) is 28.1 Å². The van der Waals surface area contributed by atoms with Gasteiger partial charge in [-0.1, -0.05) is 60.7 Å². The zero-order valence-electron chi connectivity index (χ0n) is 21.4. The highest BCUT2D eigenvalue weighted by atomic mass is 32.2. The lowest BCUT2D eigenvalue weighted by Crippen LogP contribution is -2.53. The van der Waals surface area contributed by atoms with Gasteiger partial charge in [0.05, 0.1) is 16.9 Å². The van der Waals surface area contributed by atoms with Crippen molar-refractivity contribution in [2.75, 3.05) is 24.2 Å². The third-order valence-electron chi connectivity index (χ3n) is 6.13. The molecule has 3 rings (SSSR count). The third-order valence-corrected chi connectivity index (χ3v) is 7.27. The number of nitrogens with one attached hydrogen (secondary N) is 1. The molecule has 0 spiro atoms. The minimum Gasteiger partial charge on any atom is -0.357 e. The van der Waals surface area contributed by atoms with Crippen LogP contribution in [0.15, 0.2) is 78.9 Å². The molecule has 0 radical (unpaired) electrons. The van der Waals surface area contributed by atoms with Crippen LogP contribution in [0.5, 0.6) is 0 Å². The molecule has 2 amide bonds. The number of non-ortho nitro benzene ring substituents is 1. The predicted molar refractivity (Wildman–Crippen MR) is 145 cm³/mol. The summed E-state index contributed by atoms with van der Waals surface area (Å²) in [5.41, 5.74) is 2.18. The number of benzene rings is 3. The average molecular weight is 539 g/mol. The molecule has 0 unspecified atom stereocenters. The molecule has 38 heavy (non-hydrogen) atoms. The lowest BCUT2D eigenvalue weighted by Gasteiger charge is -2.33. The van der Waals surface area contributed by atoms with Crippen LogP contribution in [0.2, 0.25) is 0 Å². The maximum atomic E-state index is 13.9. The summed E-state index contributed by atoms with van der Waals surface area (Å²) >= 11 is 0. The van der Waals surface area contributed by atoms with Crippen LogP contribution in [0.25, 0.3) is 0 Å². The summed E-state index contributed by atoms with van der Waals surface area (Å²) in [5.74, 6) is -1.04. The molecule has 0 aromatic heterocycles. The SMILES string of the molecule is CNC(=O)[C@@H](Cc1ccccc1)N(Cc1ccccc1C)C(=O)CN(c1cccc([N+](=O)[O-])c1)S(C)(=O)=O. The maximum Gasteiger partial charge on any atom is 0.271 e. The Labute approximate surface area is 222 Å². The van der Waals surface area contributed by atoms with E-state index in [2.05, 4.69) is 5.32 Å². The molecular formula is C27H30N4O6S. The van der Waals surface area contributed by atoms with Crippen LogP contribution < -0.4 is 9.62 Å². The van der Waals surface area contributed by atoms with E-state index in [0.29, 0.717) is 0 Å². The standard InChI is InChI=1S/C27H30N4O6S/c1-20-10-7-8-13-22(20)18-29(25(27(33)28-2)16-21-11-5-4-6-12-21)26(32)19-30(38(3,36)37)23-14-9-15-24(17-23)31(34)35/h4-15,17,25H,16,18-19H2,1-3H3,(H,28,33)/t25-/m1/s1. The number of nitro benzene ring substituents is 1. The Balaban J connectivity index is 2.05. The lowest BCUT2D eigenvalue weighted by atomic mass is 10.0. The topological polar surface area (TPSA) is 130 Å². The number of nitrogens with zero attached hydrogens (tertiary/aromatic N) is 3. The van der Waals surface area contributed by atoms with Gasteiger partial charge in [0.2, 0.25) is 21.8 Å². The molecule has 0 aliphatic carbocycles. The van der Waals surface area contributed by atoms with E-state index >= 15 is 0 Å². The van der Waals surface area contributed by atoms with E-state index < -0.39 is 39.3 Å². The fourth-order valence-electron chi connectivity index (χ4n) is 4.07. The number of aryl methyl sites for hydroxylation is 1. The van der Waals surface area contributed by atoms with Gasteiger partial charge in [-0.05, 0) is 29.7 Å². The molecule has 1 N–H and O–H groups in total. The fourth-order valence-corrected chi connectivity index (χ4v) is 4.91. The summed E-state index contributed by atoms with van der Waals surface area (Å²) in [7, 11) is -2.54. The summed E-state index contributed by atoms with van der Waals surface area (Å²) < 4.78 is 26.3. The fraction of sp³-hybridized carbons (Fsp3) is 0.259. The number of hydrogen-bond donors (Lipinski definition) is 1. The molecular weight excluding hydrogens is 508 g/mol. The molecule has 11 heteroatoms. The van der Waals surface area contributed by atoms with Crippen molar-refractivity contribution in [3.05, 3.63) is 106 Å². The number of likely N-dealkylation sites (N-methyl/N-ethyl adjacent to an activating group) is 1. The van der Waals surface area contributed by atoms with Crippen molar-refractivity contribution in [2.24, 2.45) is 0 Å². The maximum absolute atomic E-state index is 13.9. The molecule has 3 aromatic rings. The average Bonchev–Trinajstić information content (AvgIpc) is 2.89. The summed E-state index contributed by atoms with van der Waals surface area (Å²) in [6.45, 7) is 1.30. The van der Waals surface area contributed by atoms with E-state index in [1.165, 1.54) is 30.1 Å². The van der Waals surface area contributed by atoms with Crippen LogP contribution in [0.3, 0.4) is 0 Å².